The van der Waals surface area contributed by atoms with Crippen molar-refractivity contribution in [2.75, 3.05) is 11.9 Å². The van der Waals surface area contributed by atoms with Gasteiger partial charge in [-0.2, -0.15) is 5.26 Å². The van der Waals surface area contributed by atoms with E-state index < -0.39 is 0 Å². The van der Waals surface area contributed by atoms with Gasteiger partial charge < -0.3 is 4.90 Å². The Morgan fingerprint density at radius 3 is 2.44 bits per heavy atom. The zero-order valence-electron chi connectivity index (χ0n) is 10.8. The van der Waals surface area contributed by atoms with Crippen LogP contribution in [0.1, 0.15) is 44.1 Å². The quantitative estimate of drug-likeness (QED) is 0.741. The highest BCUT2D eigenvalue weighted by Crippen LogP contribution is 2.26. The molecule has 1 saturated carbocycles. The molecule has 0 radical (unpaired) electrons. The topological polar surface area (TPSA) is 27.0 Å². The number of hydrogen-bond acceptors (Lipinski definition) is 2. The summed E-state index contributed by atoms with van der Waals surface area (Å²) in [5.74, 6) is -0.329. The second-order valence-electron chi connectivity index (χ2n) is 5.07. The van der Waals surface area contributed by atoms with Gasteiger partial charge in [0.15, 0.2) is 0 Å². The van der Waals surface area contributed by atoms with Crippen LogP contribution in [0.2, 0.25) is 0 Å². The van der Waals surface area contributed by atoms with E-state index in [0.29, 0.717) is 11.6 Å². The number of halogens is 1. The first kappa shape index (κ1) is 12.9. The van der Waals surface area contributed by atoms with E-state index in [0.717, 1.165) is 18.5 Å². The van der Waals surface area contributed by atoms with Crippen LogP contribution in [-0.4, -0.2) is 13.1 Å². The van der Waals surface area contributed by atoms with Crippen LogP contribution in [0.4, 0.5) is 10.1 Å². The van der Waals surface area contributed by atoms with Gasteiger partial charge in [-0.05, 0) is 31.0 Å². The molecule has 0 bridgehead atoms. The van der Waals surface area contributed by atoms with Crippen molar-refractivity contribution in [1.82, 2.24) is 0 Å². The molecule has 0 unspecified atom stereocenters. The molecule has 0 heterocycles. The first-order valence-corrected chi connectivity index (χ1v) is 6.64. The molecule has 1 aliphatic rings. The molecule has 0 amide bonds. The Hall–Kier alpha value is -1.56. The lowest BCUT2D eigenvalue weighted by atomic mass is 10.1. The number of anilines is 1. The lowest BCUT2D eigenvalue weighted by molar-refractivity contribution is 0.551. The van der Waals surface area contributed by atoms with Gasteiger partial charge in [-0.3, -0.25) is 0 Å². The molecule has 0 N–H and O–H groups in total. The molecule has 1 aromatic rings. The maximum atomic E-state index is 13.4. The van der Waals surface area contributed by atoms with Crippen LogP contribution >= 0.6 is 0 Å². The number of rotatable bonds is 2. The molecule has 3 heteroatoms. The zero-order chi connectivity index (χ0) is 13.0. The third kappa shape index (κ3) is 3.01. The molecule has 2 nitrogen and oxygen atoms in total. The fourth-order valence-electron chi connectivity index (χ4n) is 2.70. The van der Waals surface area contributed by atoms with Crippen molar-refractivity contribution in [3.63, 3.8) is 0 Å². The summed E-state index contributed by atoms with van der Waals surface area (Å²) in [6.07, 6.45) is 7.42. The molecule has 0 atom stereocenters. The van der Waals surface area contributed by atoms with Crippen LogP contribution in [0.3, 0.4) is 0 Å². The predicted molar refractivity (Wildman–Crippen MR) is 71.0 cm³/mol. The van der Waals surface area contributed by atoms with Crippen molar-refractivity contribution in [1.29, 1.82) is 5.26 Å². The second kappa shape index (κ2) is 5.86. The fourth-order valence-corrected chi connectivity index (χ4v) is 2.70. The maximum absolute atomic E-state index is 13.4. The Kier molecular flexibility index (Phi) is 4.19. The Balaban J connectivity index is 2.19. The van der Waals surface area contributed by atoms with Crippen molar-refractivity contribution < 1.29 is 4.39 Å². The summed E-state index contributed by atoms with van der Waals surface area (Å²) >= 11 is 0. The molecule has 0 saturated heterocycles. The highest BCUT2D eigenvalue weighted by molar-refractivity contribution is 5.52. The van der Waals surface area contributed by atoms with E-state index in [4.69, 9.17) is 5.26 Å². The molecule has 96 valence electrons. The van der Waals surface area contributed by atoms with E-state index in [1.165, 1.54) is 37.8 Å². The summed E-state index contributed by atoms with van der Waals surface area (Å²) in [6.45, 7) is 0. The maximum Gasteiger partial charge on any atom is 0.126 e. The van der Waals surface area contributed by atoms with Crippen LogP contribution in [0, 0.1) is 17.1 Å². The second-order valence-corrected chi connectivity index (χ2v) is 5.07. The molecule has 1 fully saturated rings. The largest absolute Gasteiger partial charge is 0.371 e. The summed E-state index contributed by atoms with van der Waals surface area (Å²) in [7, 11) is 2.01. The van der Waals surface area contributed by atoms with Gasteiger partial charge in [0.1, 0.15) is 5.82 Å². The fraction of sp³-hybridized carbons (Fsp3) is 0.533. The van der Waals surface area contributed by atoms with Gasteiger partial charge in [-0.25, -0.2) is 4.39 Å². The molecule has 18 heavy (non-hydrogen) atoms. The van der Waals surface area contributed by atoms with E-state index in [9.17, 15) is 4.39 Å². The van der Waals surface area contributed by atoms with Gasteiger partial charge in [0.25, 0.3) is 0 Å². The Labute approximate surface area is 108 Å². The molecule has 1 aromatic carbocycles. The summed E-state index contributed by atoms with van der Waals surface area (Å²) in [5.41, 5.74) is 1.21. The predicted octanol–water partition coefficient (Wildman–Crippen LogP) is 3.86. The van der Waals surface area contributed by atoms with E-state index in [2.05, 4.69) is 4.90 Å². The van der Waals surface area contributed by atoms with E-state index in [-0.39, 0.29) is 5.82 Å². The minimum Gasteiger partial charge on any atom is -0.371 e. The molecule has 0 spiro atoms. The van der Waals surface area contributed by atoms with E-state index >= 15 is 0 Å². The summed E-state index contributed by atoms with van der Waals surface area (Å²) in [4.78, 5) is 2.13. The van der Waals surface area contributed by atoms with Gasteiger partial charge in [0.2, 0.25) is 0 Å². The van der Waals surface area contributed by atoms with Gasteiger partial charge >= 0.3 is 0 Å². The van der Waals surface area contributed by atoms with Crippen LogP contribution in [0.5, 0.6) is 0 Å². The molecule has 0 aromatic heterocycles. The third-order valence-corrected chi connectivity index (χ3v) is 3.79. The summed E-state index contributed by atoms with van der Waals surface area (Å²) < 4.78 is 13.4. The van der Waals surface area contributed by atoms with Gasteiger partial charge in [-0.1, -0.05) is 25.7 Å². The SMILES string of the molecule is CN(c1cc(F)cc(C#N)c1)C1CCCCCC1. The summed E-state index contributed by atoms with van der Waals surface area (Å²) in [5, 5.41) is 8.89. The molecule has 0 aliphatic heterocycles. The third-order valence-electron chi connectivity index (χ3n) is 3.79. The lowest BCUT2D eigenvalue weighted by Gasteiger charge is -2.29. The number of nitrogens with zero attached hydrogens (tertiary/aromatic N) is 2. The van der Waals surface area contributed by atoms with Crippen LogP contribution < -0.4 is 4.90 Å². The smallest absolute Gasteiger partial charge is 0.126 e. The first-order chi connectivity index (χ1) is 8.70. The highest BCUT2D eigenvalue weighted by atomic mass is 19.1. The van der Waals surface area contributed by atoms with Crippen LogP contribution in [-0.2, 0) is 0 Å². The average Bonchev–Trinajstić information content (AvgIpc) is 2.65. The van der Waals surface area contributed by atoms with Crippen molar-refractivity contribution in [3.8, 4) is 6.07 Å². The Morgan fingerprint density at radius 2 is 1.83 bits per heavy atom. The highest BCUT2D eigenvalue weighted by Gasteiger charge is 2.18. The van der Waals surface area contributed by atoms with Crippen molar-refractivity contribution in [3.05, 3.63) is 29.6 Å². The molecule has 2 rings (SSSR count). The van der Waals surface area contributed by atoms with Crippen molar-refractivity contribution in [2.24, 2.45) is 0 Å². The van der Waals surface area contributed by atoms with Crippen LogP contribution in [0.15, 0.2) is 18.2 Å². The normalized spacial score (nSPS) is 16.9. The van der Waals surface area contributed by atoms with Gasteiger partial charge in [0, 0.05) is 18.8 Å². The monoisotopic (exact) mass is 246 g/mol. The van der Waals surface area contributed by atoms with Crippen molar-refractivity contribution in [2.45, 2.75) is 44.6 Å². The first-order valence-electron chi connectivity index (χ1n) is 6.64. The summed E-state index contributed by atoms with van der Waals surface area (Å²) in [6, 6.07) is 7.06. The zero-order valence-corrected chi connectivity index (χ0v) is 10.8. The minimum absolute atomic E-state index is 0.329. The van der Waals surface area contributed by atoms with Gasteiger partial charge in [0.05, 0.1) is 11.6 Å². The number of hydrogen-bond donors (Lipinski definition) is 0. The Bertz CT molecular complexity index is 442. The minimum atomic E-state index is -0.329. The molecular formula is C15H19FN2. The van der Waals surface area contributed by atoms with E-state index in [1.807, 2.05) is 13.1 Å². The lowest BCUT2D eigenvalue weighted by Crippen LogP contribution is -2.31. The number of benzene rings is 1. The average molecular weight is 246 g/mol. The van der Waals surface area contributed by atoms with E-state index in [1.54, 1.807) is 6.07 Å². The Morgan fingerprint density at radius 1 is 1.17 bits per heavy atom. The van der Waals surface area contributed by atoms with Crippen LogP contribution in [0.25, 0.3) is 0 Å². The standard InChI is InChI=1S/C15H19FN2/c1-18(14-6-4-2-3-5-7-14)15-9-12(11-17)8-13(16)10-15/h8-10,14H,2-7H2,1H3. The number of nitriles is 1. The van der Waals surface area contributed by atoms with Crippen molar-refractivity contribution >= 4 is 5.69 Å². The molecule has 1 aliphatic carbocycles. The molecular weight excluding hydrogens is 227 g/mol. The van der Waals surface area contributed by atoms with Gasteiger partial charge in [-0.15, -0.1) is 0 Å².